The molecular weight excluding hydrogens is 368 g/mol. The number of anilines is 1. The second-order valence-electron chi connectivity index (χ2n) is 6.33. The molecule has 1 aromatic carbocycles. The number of nitrogens with zero attached hydrogens (tertiary/aromatic N) is 2. The second kappa shape index (κ2) is 9.14. The summed E-state index contributed by atoms with van der Waals surface area (Å²) in [6.45, 7) is 1.89. The highest BCUT2D eigenvalue weighted by Gasteiger charge is 2.17. The number of hydrogen-bond donors (Lipinski definition) is 2. The Hall–Kier alpha value is -1.93. The number of thioether (sulfide) groups is 1. The van der Waals surface area contributed by atoms with Crippen molar-refractivity contribution in [3.8, 4) is 0 Å². The van der Waals surface area contributed by atoms with Crippen molar-refractivity contribution in [2.75, 3.05) is 11.1 Å². The van der Waals surface area contributed by atoms with Crippen molar-refractivity contribution in [1.29, 1.82) is 0 Å². The first kappa shape index (κ1) is 18.8. The van der Waals surface area contributed by atoms with Crippen LogP contribution in [0.3, 0.4) is 0 Å². The van der Waals surface area contributed by atoms with Crippen LogP contribution in [-0.2, 0) is 4.79 Å². The van der Waals surface area contributed by atoms with Crippen molar-refractivity contribution in [3.63, 3.8) is 0 Å². The Morgan fingerprint density at radius 3 is 2.73 bits per heavy atom. The number of amides is 2. The second-order valence-corrected chi connectivity index (χ2v) is 8.53. The summed E-state index contributed by atoms with van der Waals surface area (Å²) in [6, 6.07) is 7.70. The van der Waals surface area contributed by atoms with Gasteiger partial charge in [-0.25, -0.2) is 0 Å². The fraction of sp³-hybridized carbons (Fsp3) is 0.444. The van der Waals surface area contributed by atoms with Gasteiger partial charge in [0, 0.05) is 11.6 Å². The molecular formula is C18H22N4O2S2. The van der Waals surface area contributed by atoms with Crippen LogP contribution in [0, 0.1) is 6.92 Å². The topological polar surface area (TPSA) is 84.0 Å². The van der Waals surface area contributed by atoms with E-state index < -0.39 is 0 Å². The Balaban J connectivity index is 1.47. The van der Waals surface area contributed by atoms with E-state index in [4.69, 9.17) is 0 Å². The average molecular weight is 391 g/mol. The van der Waals surface area contributed by atoms with E-state index >= 15 is 0 Å². The number of hydrogen-bond acceptors (Lipinski definition) is 6. The molecule has 1 aromatic heterocycles. The van der Waals surface area contributed by atoms with Crippen LogP contribution in [0.25, 0.3) is 0 Å². The molecule has 0 aliphatic heterocycles. The molecule has 0 bridgehead atoms. The average Bonchev–Trinajstić information content (AvgIpc) is 3.08. The van der Waals surface area contributed by atoms with Gasteiger partial charge in [0.05, 0.1) is 5.75 Å². The van der Waals surface area contributed by atoms with E-state index in [-0.39, 0.29) is 11.8 Å². The van der Waals surface area contributed by atoms with Crippen LogP contribution in [-0.4, -0.2) is 33.8 Å². The number of carbonyl (C=O) groups is 2. The van der Waals surface area contributed by atoms with E-state index in [1.54, 1.807) is 6.07 Å². The lowest BCUT2D eigenvalue weighted by molar-refractivity contribution is -0.119. The van der Waals surface area contributed by atoms with Gasteiger partial charge in [-0.2, -0.15) is 0 Å². The van der Waals surface area contributed by atoms with E-state index in [1.807, 2.05) is 25.1 Å². The van der Waals surface area contributed by atoms with Crippen LogP contribution in [0.1, 0.15) is 48.0 Å². The van der Waals surface area contributed by atoms with E-state index in [2.05, 4.69) is 20.8 Å². The summed E-state index contributed by atoms with van der Waals surface area (Å²) in [6.07, 6.45) is 5.80. The Morgan fingerprint density at radius 2 is 1.96 bits per heavy atom. The molecule has 1 fully saturated rings. The number of aryl methyl sites for hydroxylation is 1. The van der Waals surface area contributed by atoms with Crippen molar-refractivity contribution in [3.05, 3.63) is 35.4 Å². The van der Waals surface area contributed by atoms with E-state index in [9.17, 15) is 9.59 Å². The predicted octanol–water partition coefficient (Wildman–Crippen LogP) is 3.64. The molecule has 0 spiro atoms. The minimum absolute atomic E-state index is 0.0302. The maximum absolute atomic E-state index is 12.3. The first-order valence-corrected chi connectivity index (χ1v) is 10.5. The van der Waals surface area contributed by atoms with Gasteiger partial charge in [0.25, 0.3) is 5.91 Å². The molecule has 2 aromatic rings. The van der Waals surface area contributed by atoms with E-state index in [0.717, 1.165) is 18.4 Å². The molecule has 0 saturated heterocycles. The van der Waals surface area contributed by atoms with Crippen LogP contribution in [0.15, 0.2) is 28.6 Å². The van der Waals surface area contributed by atoms with Gasteiger partial charge in [0.1, 0.15) is 0 Å². The molecule has 2 N–H and O–H groups in total. The normalized spacial score (nSPS) is 14.8. The van der Waals surface area contributed by atoms with Gasteiger partial charge in [-0.15, -0.1) is 10.2 Å². The Labute approximate surface area is 161 Å². The molecule has 2 amide bonds. The standard InChI is InChI=1S/C18H22N4O2S2/c1-12-7-5-6-10-14(12)16(24)20-17-21-22-18(26-17)25-11-15(23)19-13-8-3-2-4-9-13/h5-7,10,13H,2-4,8-9,11H2,1H3,(H,19,23)(H,20,21,24). The van der Waals surface area contributed by atoms with Gasteiger partial charge >= 0.3 is 0 Å². The lowest BCUT2D eigenvalue weighted by Gasteiger charge is -2.22. The highest BCUT2D eigenvalue weighted by Crippen LogP contribution is 2.26. The highest BCUT2D eigenvalue weighted by atomic mass is 32.2. The molecule has 0 atom stereocenters. The van der Waals surface area contributed by atoms with Crippen LogP contribution < -0.4 is 10.6 Å². The fourth-order valence-electron chi connectivity index (χ4n) is 2.95. The molecule has 1 aliphatic rings. The molecule has 0 radical (unpaired) electrons. The number of benzene rings is 1. The monoisotopic (exact) mass is 390 g/mol. The number of rotatable bonds is 6. The van der Waals surface area contributed by atoms with Crippen molar-refractivity contribution >= 4 is 40.0 Å². The number of carbonyl (C=O) groups excluding carboxylic acids is 2. The summed E-state index contributed by atoms with van der Waals surface area (Å²) in [7, 11) is 0. The molecule has 0 unspecified atom stereocenters. The van der Waals surface area contributed by atoms with Crippen LogP contribution in [0.4, 0.5) is 5.13 Å². The summed E-state index contributed by atoms with van der Waals surface area (Å²) >= 11 is 2.62. The summed E-state index contributed by atoms with van der Waals surface area (Å²) in [4.78, 5) is 24.3. The summed E-state index contributed by atoms with van der Waals surface area (Å²) in [5, 5.41) is 14.3. The van der Waals surface area contributed by atoms with Gasteiger partial charge in [-0.3, -0.25) is 14.9 Å². The quantitative estimate of drug-likeness (QED) is 0.581. The molecule has 138 valence electrons. The van der Waals surface area contributed by atoms with Gasteiger partial charge in [-0.05, 0) is 31.4 Å². The lowest BCUT2D eigenvalue weighted by atomic mass is 9.95. The van der Waals surface area contributed by atoms with Crippen molar-refractivity contribution < 1.29 is 9.59 Å². The lowest BCUT2D eigenvalue weighted by Crippen LogP contribution is -2.37. The zero-order chi connectivity index (χ0) is 18.4. The summed E-state index contributed by atoms with van der Waals surface area (Å²) < 4.78 is 0.670. The van der Waals surface area contributed by atoms with Gasteiger partial charge in [0.15, 0.2) is 4.34 Å². The van der Waals surface area contributed by atoms with E-state index in [0.29, 0.717) is 26.8 Å². The summed E-state index contributed by atoms with van der Waals surface area (Å²) in [5.41, 5.74) is 1.52. The maximum Gasteiger partial charge on any atom is 0.257 e. The largest absolute Gasteiger partial charge is 0.353 e. The third-order valence-electron chi connectivity index (χ3n) is 4.31. The third kappa shape index (κ3) is 5.28. The Kier molecular flexibility index (Phi) is 6.62. The molecule has 8 heteroatoms. The van der Waals surface area contributed by atoms with Crippen molar-refractivity contribution in [1.82, 2.24) is 15.5 Å². The first-order valence-electron chi connectivity index (χ1n) is 8.74. The third-order valence-corrected chi connectivity index (χ3v) is 6.29. The van der Waals surface area contributed by atoms with Crippen molar-refractivity contribution in [2.45, 2.75) is 49.4 Å². The maximum atomic E-state index is 12.3. The minimum Gasteiger partial charge on any atom is -0.353 e. The SMILES string of the molecule is Cc1ccccc1C(=O)Nc1nnc(SCC(=O)NC2CCCCC2)s1. The molecule has 26 heavy (non-hydrogen) atoms. The Bertz CT molecular complexity index is 772. The van der Waals surface area contributed by atoms with E-state index in [1.165, 1.54) is 42.4 Å². The van der Waals surface area contributed by atoms with Gasteiger partial charge in [-0.1, -0.05) is 60.6 Å². The first-order chi connectivity index (χ1) is 12.6. The Morgan fingerprint density at radius 1 is 1.19 bits per heavy atom. The van der Waals surface area contributed by atoms with Crippen LogP contribution in [0.5, 0.6) is 0 Å². The molecule has 1 aliphatic carbocycles. The fourth-order valence-corrected chi connectivity index (χ4v) is 4.51. The molecule has 6 nitrogen and oxygen atoms in total. The zero-order valence-corrected chi connectivity index (χ0v) is 16.3. The van der Waals surface area contributed by atoms with Gasteiger partial charge in [0.2, 0.25) is 11.0 Å². The van der Waals surface area contributed by atoms with Crippen LogP contribution >= 0.6 is 23.1 Å². The van der Waals surface area contributed by atoms with Gasteiger partial charge < -0.3 is 5.32 Å². The van der Waals surface area contributed by atoms with Crippen molar-refractivity contribution in [2.24, 2.45) is 0 Å². The highest BCUT2D eigenvalue weighted by molar-refractivity contribution is 8.01. The molecule has 3 rings (SSSR count). The number of nitrogens with one attached hydrogen (secondary N) is 2. The van der Waals surface area contributed by atoms with Crippen LogP contribution in [0.2, 0.25) is 0 Å². The minimum atomic E-state index is -0.203. The molecule has 1 heterocycles. The molecule has 1 saturated carbocycles. The smallest absolute Gasteiger partial charge is 0.257 e. The predicted molar refractivity (Wildman–Crippen MR) is 105 cm³/mol. The zero-order valence-electron chi connectivity index (χ0n) is 14.7. The number of aromatic nitrogens is 2. The summed E-state index contributed by atoms with van der Waals surface area (Å²) in [5.74, 6) is 0.144.